The molecule has 1 heterocycles. The average Bonchev–Trinajstić information content (AvgIpc) is 2.74. The van der Waals surface area contributed by atoms with Crippen LogP contribution in [0, 0.1) is 23.2 Å². The summed E-state index contributed by atoms with van der Waals surface area (Å²) in [5.74, 6) is 3.40. The number of hydrogen-bond acceptors (Lipinski definition) is 2. The van der Waals surface area contributed by atoms with Crippen LogP contribution in [0.25, 0.3) is 0 Å². The summed E-state index contributed by atoms with van der Waals surface area (Å²) in [4.78, 5) is 4.49. The van der Waals surface area contributed by atoms with Crippen LogP contribution in [0.4, 0.5) is 0 Å². The normalized spacial score (nSPS) is 28.6. The Labute approximate surface area is 117 Å². The Kier molecular flexibility index (Phi) is 4.34. The smallest absolute Gasteiger partial charge is 0.108 e. The molecule has 19 heavy (non-hydrogen) atoms. The zero-order valence-electron chi connectivity index (χ0n) is 12.9. The van der Waals surface area contributed by atoms with Gasteiger partial charge in [0.05, 0.1) is 0 Å². The summed E-state index contributed by atoms with van der Waals surface area (Å²) >= 11 is 0. The van der Waals surface area contributed by atoms with Crippen LogP contribution in [-0.4, -0.2) is 16.1 Å². The van der Waals surface area contributed by atoms with E-state index in [0.717, 1.165) is 18.9 Å². The highest BCUT2D eigenvalue weighted by Gasteiger charge is 2.35. The lowest BCUT2D eigenvalue weighted by molar-refractivity contribution is 0.0997. The molecule has 1 fully saturated rings. The zero-order valence-corrected chi connectivity index (χ0v) is 12.9. The molecule has 0 aromatic carbocycles. The molecule has 0 spiro atoms. The monoisotopic (exact) mass is 263 g/mol. The molecule has 3 atom stereocenters. The first-order valence-corrected chi connectivity index (χ1v) is 7.58. The summed E-state index contributed by atoms with van der Waals surface area (Å²) in [5.41, 5.74) is 6.40. The fraction of sp³-hybridized carbons (Fsp3) is 0.812. The van der Waals surface area contributed by atoms with Crippen molar-refractivity contribution >= 4 is 0 Å². The molecular formula is C16H29N3. The highest BCUT2D eigenvalue weighted by atomic mass is 15.0. The van der Waals surface area contributed by atoms with Crippen LogP contribution < -0.4 is 5.73 Å². The molecule has 1 saturated carbocycles. The summed E-state index contributed by atoms with van der Waals surface area (Å²) in [5, 5.41) is 0. The van der Waals surface area contributed by atoms with E-state index < -0.39 is 0 Å². The molecule has 0 bridgehead atoms. The average molecular weight is 263 g/mol. The minimum Gasteiger partial charge on any atom is -0.338 e. The van der Waals surface area contributed by atoms with Gasteiger partial charge in [-0.3, -0.25) is 0 Å². The van der Waals surface area contributed by atoms with Crippen LogP contribution in [0.2, 0.25) is 0 Å². The number of hydrogen-bond donors (Lipinski definition) is 1. The van der Waals surface area contributed by atoms with Crippen molar-refractivity contribution in [2.24, 2.45) is 36.0 Å². The van der Waals surface area contributed by atoms with Gasteiger partial charge in [0, 0.05) is 25.9 Å². The molecule has 1 aliphatic rings. The Morgan fingerprint density at radius 3 is 2.58 bits per heavy atom. The second-order valence-corrected chi connectivity index (χ2v) is 7.29. The van der Waals surface area contributed by atoms with E-state index in [1.165, 1.54) is 25.1 Å². The molecule has 0 amide bonds. The lowest BCUT2D eigenvalue weighted by atomic mass is 9.65. The molecule has 1 aliphatic carbocycles. The van der Waals surface area contributed by atoms with Crippen molar-refractivity contribution in [2.75, 3.05) is 6.54 Å². The topological polar surface area (TPSA) is 43.8 Å². The van der Waals surface area contributed by atoms with E-state index >= 15 is 0 Å². The maximum atomic E-state index is 5.99. The minimum atomic E-state index is 0.416. The Balaban J connectivity index is 2.08. The minimum absolute atomic E-state index is 0.416. The maximum Gasteiger partial charge on any atom is 0.108 e. The third-order valence-electron chi connectivity index (χ3n) is 5.03. The summed E-state index contributed by atoms with van der Waals surface area (Å²) in [6.45, 7) is 7.95. The molecule has 0 radical (unpaired) electrons. The second kappa shape index (κ2) is 5.66. The van der Waals surface area contributed by atoms with Gasteiger partial charge in [-0.2, -0.15) is 0 Å². The standard InChI is InChI=1S/C16H29N3/c1-16(2,3)14-6-5-12(11-17)13(9-14)10-15-18-7-8-19(15)4/h7-8,12-14H,5-6,9-11,17H2,1-4H3. The molecule has 108 valence electrons. The second-order valence-electron chi connectivity index (χ2n) is 7.29. The van der Waals surface area contributed by atoms with Gasteiger partial charge in [-0.25, -0.2) is 4.98 Å². The van der Waals surface area contributed by atoms with Gasteiger partial charge in [-0.1, -0.05) is 20.8 Å². The van der Waals surface area contributed by atoms with Crippen molar-refractivity contribution in [3.63, 3.8) is 0 Å². The first-order chi connectivity index (χ1) is 8.91. The van der Waals surface area contributed by atoms with E-state index in [2.05, 4.69) is 37.4 Å². The Morgan fingerprint density at radius 2 is 2.05 bits per heavy atom. The molecule has 1 aromatic rings. The van der Waals surface area contributed by atoms with Crippen LogP contribution in [-0.2, 0) is 13.5 Å². The quantitative estimate of drug-likeness (QED) is 0.911. The molecule has 0 saturated heterocycles. The molecule has 3 unspecified atom stereocenters. The maximum absolute atomic E-state index is 5.99. The third-order valence-corrected chi connectivity index (χ3v) is 5.03. The van der Waals surface area contributed by atoms with Crippen LogP contribution in [0.5, 0.6) is 0 Å². The van der Waals surface area contributed by atoms with Crippen molar-refractivity contribution in [3.05, 3.63) is 18.2 Å². The zero-order chi connectivity index (χ0) is 14.0. The molecule has 2 rings (SSSR count). The number of aromatic nitrogens is 2. The first kappa shape index (κ1) is 14.6. The van der Waals surface area contributed by atoms with Gasteiger partial charge in [0.1, 0.15) is 5.82 Å². The molecule has 0 aliphatic heterocycles. The van der Waals surface area contributed by atoms with E-state index in [9.17, 15) is 0 Å². The van der Waals surface area contributed by atoms with Crippen molar-refractivity contribution < 1.29 is 0 Å². The van der Waals surface area contributed by atoms with Gasteiger partial charge in [0.25, 0.3) is 0 Å². The van der Waals surface area contributed by atoms with Gasteiger partial charge in [0.2, 0.25) is 0 Å². The Bertz CT molecular complexity index is 402. The van der Waals surface area contributed by atoms with E-state index in [1.54, 1.807) is 0 Å². The van der Waals surface area contributed by atoms with Gasteiger partial charge < -0.3 is 10.3 Å². The third kappa shape index (κ3) is 3.38. The highest BCUT2D eigenvalue weighted by Crippen LogP contribution is 2.43. The number of imidazole rings is 1. The van der Waals surface area contributed by atoms with E-state index in [4.69, 9.17) is 5.73 Å². The number of rotatable bonds is 3. The Hall–Kier alpha value is -0.830. The number of nitrogens with zero attached hydrogens (tertiary/aromatic N) is 2. The highest BCUT2D eigenvalue weighted by molar-refractivity contribution is 4.96. The summed E-state index contributed by atoms with van der Waals surface area (Å²) in [6, 6.07) is 0. The van der Waals surface area contributed by atoms with Crippen LogP contribution >= 0.6 is 0 Å². The fourth-order valence-electron chi connectivity index (χ4n) is 3.50. The lowest BCUT2D eigenvalue weighted by Crippen LogP contribution is -2.36. The van der Waals surface area contributed by atoms with E-state index in [0.29, 0.717) is 17.3 Å². The molecular weight excluding hydrogens is 234 g/mol. The SMILES string of the molecule is Cn1ccnc1CC1CC(C(C)(C)C)CCC1CN. The lowest BCUT2D eigenvalue weighted by Gasteiger charge is -2.41. The Morgan fingerprint density at radius 1 is 1.32 bits per heavy atom. The predicted molar refractivity (Wildman–Crippen MR) is 79.7 cm³/mol. The predicted octanol–water partition coefficient (Wildman–Crippen LogP) is 3.00. The summed E-state index contributed by atoms with van der Waals surface area (Å²) < 4.78 is 2.15. The molecule has 1 aromatic heterocycles. The molecule has 3 nitrogen and oxygen atoms in total. The van der Waals surface area contributed by atoms with Crippen molar-refractivity contribution in [2.45, 2.75) is 46.5 Å². The van der Waals surface area contributed by atoms with Crippen molar-refractivity contribution in [3.8, 4) is 0 Å². The molecule has 3 heteroatoms. The van der Waals surface area contributed by atoms with Crippen molar-refractivity contribution in [1.82, 2.24) is 9.55 Å². The summed E-state index contributed by atoms with van der Waals surface area (Å²) in [6.07, 6.45) is 8.94. The fourth-order valence-corrected chi connectivity index (χ4v) is 3.50. The summed E-state index contributed by atoms with van der Waals surface area (Å²) in [7, 11) is 2.09. The van der Waals surface area contributed by atoms with Crippen LogP contribution in [0.3, 0.4) is 0 Å². The molecule has 2 N–H and O–H groups in total. The van der Waals surface area contributed by atoms with E-state index in [1.807, 2.05) is 12.4 Å². The van der Waals surface area contributed by atoms with E-state index in [-0.39, 0.29) is 0 Å². The largest absolute Gasteiger partial charge is 0.338 e. The number of aryl methyl sites for hydroxylation is 1. The van der Waals surface area contributed by atoms with Crippen molar-refractivity contribution in [1.29, 1.82) is 0 Å². The number of nitrogens with two attached hydrogens (primary N) is 1. The van der Waals surface area contributed by atoms with Gasteiger partial charge in [0.15, 0.2) is 0 Å². The van der Waals surface area contributed by atoms with Gasteiger partial charge >= 0.3 is 0 Å². The van der Waals surface area contributed by atoms with Gasteiger partial charge in [-0.05, 0) is 49.0 Å². The van der Waals surface area contributed by atoms with Crippen LogP contribution in [0.1, 0.15) is 45.9 Å². The first-order valence-electron chi connectivity index (χ1n) is 7.58. The van der Waals surface area contributed by atoms with Gasteiger partial charge in [-0.15, -0.1) is 0 Å². The van der Waals surface area contributed by atoms with Crippen LogP contribution in [0.15, 0.2) is 12.4 Å².